The first-order valence-corrected chi connectivity index (χ1v) is 6.15. The van der Waals surface area contributed by atoms with E-state index in [0.717, 1.165) is 12.0 Å². The first-order chi connectivity index (χ1) is 8.35. The zero-order valence-electron chi connectivity index (χ0n) is 9.93. The highest BCUT2D eigenvalue weighted by Gasteiger charge is 2.26. The van der Waals surface area contributed by atoms with Crippen molar-refractivity contribution in [3.63, 3.8) is 0 Å². The molecule has 0 aromatic heterocycles. The molecule has 0 spiro atoms. The first-order valence-electron chi connectivity index (χ1n) is 6.15. The molecule has 0 aliphatic heterocycles. The van der Waals surface area contributed by atoms with E-state index in [9.17, 15) is 0 Å². The number of ether oxygens (including phenoxy) is 1. The number of benzene rings is 1. The normalized spacial score (nSPS) is 23.5. The Balaban J connectivity index is 1.96. The second-order valence-electron chi connectivity index (χ2n) is 4.55. The van der Waals surface area contributed by atoms with Crippen LogP contribution in [0, 0.1) is 17.2 Å². The fourth-order valence-corrected chi connectivity index (χ4v) is 2.44. The molecule has 1 aliphatic carbocycles. The van der Waals surface area contributed by atoms with E-state index in [-0.39, 0.29) is 6.10 Å². The minimum atomic E-state index is 0.270. The lowest BCUT2D eigenvalue weighted by molar-refractivity contribution is 0.0181. The van der Waals surface area contributed by atoms with E-state index in [4.69, 9.17) is 15.7 Å². The average molecular weight is 230 g/mol. The number of hydrogen-bond donors (Lipinski definition) is 1. The van der Waals surface area contributed by atoms with Crippen molar-refractivity contribution >= 4 is 0 Å². The van der Waals surface area contributed by atoms with Gasteiger partial charge in [0.05, 0.1) is 24.3 Å². The molecule has 2 N–H and O–H groups in total. The maximum absolute atomic E-state index is 8.98. The van der Waals surface area contributed by atoms with Crippen molar-refractivity contribution in [1.82, 2.24) is 0 Å². The Hall–Kier alpha value is -1.37. The van der Waals surface area contributed by atoms with E-state index >= 15 is 0 Å². The van der Waals surface area contributed by atoms with Crippen molar-refractivity contribution in [3.05, 3.63) is 35.4 Å². The van der Waals surface area contributed by atoms with E-state index in [0.29, 0.717) is 24.6 Å². The maximum Gasteiger partial charge on any atom is 0.0995 e. The molecule has 0 bridgehead atoms. The summed E-state index contributed by atoms with van der Waals surface area (Å²) in [5.74, 6) is 0.490. The molecule has 0 saturated heterocycles. The largest absolute Gasteiger partial charge is 0.373 e. The third kappa shape index (κ3) is 2.85. The monoisotopic (exact) mass is 230 g/mol. The van der Waals surface area contributed by atoms with E-state index in [2.05, 4.69) is 6.07 Å². The van der Waals surface area contributed by atoms with Crippen molar-refractivity contribution in [3.8, 4) is 6.07 Å². The summed E-state index contributed by atoms with van der Waals surface area (Å²) in [7, 11) is 0. The van der Waals surface area contributed by atoms with Gasteiger partial charge in [-0.05, 0) is 36.9 Å². The van der Waals surface area contributed by atoms with Crippen LogP contribution in [0.3, 0.4) is 0 Å². The zero-order chi connectivity index (χ0) is 12.1. The van der Waals surface area contributed by atoms with Gasteiger partial charge in [0.2, 0.25) is 0 Å². The molecule has 0 amide bonds. The Morgan fingerprint density at radius 3 is 2.94 bits per heavy atom. The van der Waals surface area contributed by atoms with Crippen LogP contribution in [-0.2, 0) is 11.3 Å². The minimum absolute atomic E-state index is 0.270. The molecule has 2 unspecified atom stereocenters. The standard InChI is InChI=1S/C14H18N2O/c15-8-11-4-1-2-5-13(11)10-17-14-7-3-6-12(14)9-16/h1-2,4-5,12,14H,3,6-7,9-10,16H2. The fraction of sp³-hybridized carbons (Fsp3) is 0.500. The Morgan fingerprint density at radius 2 is 2.18 bits per heavy atom. The summed E-state index contributed by atoms with van der Waals surface area (Å²) in [5, 5.41) is 8.98. The van der Waals surface area contributed by atoms with Crippen molar-refractivity contribution in [2.45, 2.75) is 32.0 Å². The van der Waals surface area contributed by atoms with Gasteiger partial charge in [-0.15, -0.1) is 0 Å². The predicted molar refractivity (Wildman–Crippen MR) is 66.1 cm³/mol. The molecule has 3 nitrogen and oxygen atoms in total. The summed E-state index contributed by atoms with van der Waals surface area (Å²) in [5.41, 5.74) is 7.39. The topological polar surface area (TPSA) is 59.0 Å². The minimum Gasteiger partial charge on any atom is -0.373 e. The van der Waals surface area contributed by atoms with Crippen molar-refractivity contribution < 1.29 is 4.74 Å². The van der Waals surface area contributed by atoms with Gasteiger partial charge in [0.15, 0.2) is 0 Å². The Morgan fingerprint density at radius 1 is 1.35 bits per heavy atom. The number of nitriles is 1. The van der Waals surface area contributed by atoms with Crippen LogP contribution in [0.15, 0.2) is 24.3 Å². The van der Waals surface area contributed by atoms with E-state index in [1.165, 1.54) is 12.8 Å². The van der Waals surface area contributed by atoms with Crippen LogP contribution in [-0.4, -0.2) is 12.6 Å². The van der Waals surface area contributed by atoms with Crippen LogP contribution in [0.4, 0.5) is 0 Å². The molecule has 1 fully saturated rings. The third-order valence-corrected chi connectivity index (χ3v) is 3.48. The Labute approximate surface area is 102 Å². The van der Waals surface area contributed by atoms with E-state index < -0.39 is 0 Å². The number of nitrogens with two attached hydrogens (primary N) is 1. The fourth-order valence-electron chi connectivity index (χ4n) is 2.44. The molecular weight excluding hydrogens is 212 g/mol. The van der Waals surface area contributed by atoms with Gasteiger partial charge in [0.25, 0.3) is 0 Å². The van der Waals surface area contributed by atoms with Gasteiger partial charge in [-0.3, -0.25) is 0 Å². The van der Waals surface area contributed by atoms with Crippen LogP contribution in [0.5, 0.6) is 0 Å². The SMILES string of the molecule is N#Cc1ccccc1COC1CCCC1CN. The van der Waals surface area contributed by atoms with Crippen LogP contribution >= 0.6 is 0 Å². The zero-order valence-corrected chi connectivity index (χ0v) is 9.93. The summed E-state index contributed by atoms with van der Waals surface area (Å²) >= 11 is 0. The quantitative estimate of drug-likeness (QED) is 0.862. The molecule has 1 aromatic rings. The summed E-state index contributed by atoms with van der Waals surface area (Å²) < 4.78 is 5.90. The Kier molecular flexibility index (Phi) is 4.13. The summed E-state index contributed by atoms with van der Waals surface area (Å²) in [6.07, 6.45) is 3.73. The lowest BCUT2D eigenvalue weighted by Crippen LogP contribution is -2.25. The Bertz CT molecular complexity index is 411. The van der Waals surface area contributed by atoms with Crippen LogP contribution in [0.25, 0.3) is 0 Å². The summed E-state index contributed by atoms with van der Waals surface area (Å²) in [6.45, 7) is 1.22. The highest BCUT2D eigenvalue weighted by atomic mass is 16.5. The molecule has 1 aliphatic rings. The molecule has 0 heterocycles. The van der Waals surface area contributed by atoms with E-state index in [1.54, 1.807) is 0 Å². The number of hydrogen-bond acceptors (Lipinski definition) is 3. The molecular formula is C14H18N2O. The number of nitrogens with zero attached hydrogens (tertiary/aromatic N) is 1. The third-order valence-electron chi connectivity index (χ3n) is 3.48. The molecule has 3 heteroatoms. The lowest BCUT2D eigenvalue weighted by Gasteiger charge is -2.18. The lowest BCUT2D eigenvalue weighted by atomic mass is 10.1. The molecule has 17 heavy (non-hydrogen) atoms. The summed E-state index contributed by atoms with van der Waals surface area (Å²) in [6, 6.07) is 9.78. The van der Waals surface area contributed by atoms with Crippen molar-refractivity contribution in [1.29, 1.82) is 5.26 Å². The van der Waals surface area contributed by atoms with Gasteiger partial charge < -0.3 is 10.5 Å². The van der Waals surface area contributed by atoms with Gasteiger partial charge >= 0.3 is 0 Å². The maximum atomic E-state index is 8.98. The van der Waals surface area contributed by atoms with Gasteiger partial charge in [0.1, 0.15) is 0 Å². The van der Waals surface area contributed by atoms with Gasteiger partial charge in [-0.25, -0.2) is 0 Å². The highest BCUT2D eigenvalue weighted by molar-refractivity contribution is 5.36. The summed E-state index contributed by atoms with van der Waals surface area (Å²) in [4.78, 5) is 0. The van der Waals surface area contributed by atoms with Crippen molar-refractivity contribution in [2.75, 3.05) is 6.54 Å². The van der Waals surface area contributed by atoms with Crippen LogP contribution in [0.1, 0.15) is 30.4 Å². The smallest absolute Gasteiger partial charge is 0.0995 e. The average Bonchev–Trinajstić information content (AvgIpc) is 2.84. The first kappa shape index (κ1) is 12.1. The molecule has 2 rings (SSSR count). The molecule has 0 radical (unpaired) electrons. The molecule has 90 valence electrons. The number of rotatable bonds is 4. The second kappa shape index (κ2) is 5.81. The van der Waals surface area contributed by atoms with E-state index in [1.807, 2.05) is 24.3 Å². The van der Waals surface area contributed by atoms with Gasteiger partial charge in [-0.1, -0.05) is 24.6 Å². The molecule has 1 saturated carbocycles. The van der Waals surface area contributed by atoms with Gasteiger partial charge in [-0.2, -0.15) is 5.26 Å². The second-order valence-corrected chi connectivity index (χ2v) is 4.55. The van der Waals surface area contributed by atoms with Gasteiger partial charge in [0, 0.05) is 0 Å². The molecule has 2 atom stereocenters. The molecule has 1 aromatic carbocycles. The van der Waals surface area contributed by atoms with Crippen molar-refractivity contribution in [2.24, 2.45) is 11.7 Å². The highest BCUT2D eigenvalue weighted by Crippen LogP contribution is 2.28. The predicted octanol–water partition coefficient (Wildman–Crippen LogP) is 2.20. The van der Waals surface area contributed by atoms with Crippen LogP contribution in [0.2, 0.25) is 0 Å². The van der Waals surface area contributed by atoms with Crippen LogP contribution < -0.4 is 5.73 Å².